The molecule has 3 nitrogen and oxygen atoms in total. The van der Waals surface area contributed by atoms with Gasteiger partial charge in [0.2, 0.25) is 0 Å². The second kappa shape index (κ2) is 6.92. The van der Waals surface area contributed by atoms with E-state index in [1.807, 2.05) is 18.2 Å². The van der Waals surface area contributed by atoms with Crippen LogP contribution in [0.4, 0.5) is 5.69 Å². The van der Waals surface area contributed by atoms with Crippen LogP contribution in [0.15, 0.2) is 55.6 Å². The van der Waals surface area contributed by atoms with Gasteiger partial charge in [-0.1, -0.05) is 48.8 Å². The van der Waals surface area contributed by atoms with Gasteiger partial charge >= 0.3 is 0 Å². The molecule has 0 bridgehead atoms. The van der Waals surface area contributed by atoms with Crippen molar-refractivity contribution in [1.82, 2.24) is 0 Å². The Morgan fingerprint density at radius 2 is 1.68 bits per heavy atom. The van der Waals surface area contributed by atoms with E-state index in [2.05, 4.69) is 75.0 Å². The van der Waals surface area contributed by atoms with Gasteiger partial charge in [0.15, 0.2) is 0 Å². The zero-order valence-electron chi connectivity index (χ0n) is 12.8. The number of halogens is 2. The molecule has 0 saturated heterocycles. The first-order chi connectivity index (χ1) is 10.3. The zero-order chi connectivity index (χ0) is 16.3. The molecule has 0 radical (unpaired) electrons. The minimum Gasteiger partial charge on any atom is -0.506 e. The fraction of sp³-hybridized carbons (Fsp3) is 0.294. The molecule has 0 atom stereocenters. The molecule has 22 heavy (non-hydrogen) atoms. The van der Waals surface area contributed by atoms with Gasteiger partial charge in [-0.3, -0.25) is 0 Å². The van der Waals surface area contributed by atoms with Crippen LogP contribution in [-0.2, 0) is 12.0 Å². The highest BCUT2D eigenvalue weighted by Gasteiger charge is 2.12. The Kier molecular flexibility index (Phi) is 5.40. The maximum absolute atomic E-state index is 9.98. The van der Waals surface area contributed by atoms with Gasteiger partial charge in [0.05, 0.1) is 16.7 Å². The molecular formula is C17H18Br2N2O. The van der Waals surface area contributed by atoms with E-state index in [0.29, 0.717) is 11.0 Å². The maximum atomic E-state index is 9.98. The van der Waals surface area contributed by atoms with E-state index in [4.69, 9.17) is 0 Å². The largest absolute Gasteiger partial charge is 0.506 e. The molecule has 0 spiro atoms. The van der Waals surface area contributed by atoms with E-state index in [1.54, 1.807) is 6.07 Å². The second-order valence-corrected chi connectivity index (χ2v) is 7.86. The van der Waals surface area contributed by atoms with Crippen molar-refractivity contribution in [1.29, 1.82) is 0 Å². The minimum atomic E-state index is 0.129. The van der Waals surface area contributed by atoms with Crippen molar-refractivity contribution in [2.45, 2.75) is 32.7 Å². The highest BCUT2D eigenvalue weighted by molar-refractivity contribution is 9.11. The number of nitrogens with zero attached hydrogens (tertiary/aromatic N) is 2. The zero-order valence-corrected chi connectivity index (χ0v) is 15.9. The van der Waals surface area contributed by atoms with E-state index in [0.717, 1.165) is 15.7 Å². The SMILES string of the molecule is CC(C)(C)c1ccc(N=NCc2cc(Br)cc(Br)c2O)cc1. The summed E-state index contributed by atoms with van der Waals surface area (Å²) in [4.78, 5) is 0. The fourth-order valence-corrected chi connectivity index (χ4v) is 3.27. The van der Waals surface area contributed by atoms with Crippen LogP contribution in [0.2, 0.25) is 0 Å². The molecule has 0 aromatic heterocycles. The van der Waals surface area contributed by atoms with Crippen LogP contribution < -0.4 is 0 Å². The molecule has 116 valence electrons. The summed E-state index contributed by atoms with van der Waals surface area (Å²) in [7, 11) is 0. The summed E-state index contributed by atoms with van der Waals surface area (Å²) in [6, 6.07) is 11.7. The summed E-state index contributed by atoms with van der Waals surface area (Å²) in [5.74, 6) is 0.199. The van der Waals surface area contributed by atoms with Gasteiger partial charge in [0.1, 0.15) is 5.75 Å². The lowest BCUT2D eigenvalue weighted by Crippen LogP contribution is -2.10. The average molecular weight is 426 g/mol. The van der Waals surface area contributed by atoms with E-state index in [9.17, 15) is 5.11 Å². The smallest absolute Gasteiger partial charge is 0.134 e. The van der Waals surface area contributed by atoms with Gasteiger partial charge in [-0.25, -0.2) is 0 Å². The third-order valence-electron chi connectivity index (χ3n) is 3.27. The molecule has 0 aliphatic rings. The normalized spacial score (nSPS) is 12.0. The van der Waals surface area contributed by atoms with Crippen LogP contribution in [-0.4, -0.2) is 5.11 Å². The Morgan fingerprint density at radius 1 is 1.05 bits per heavy atom. The lowest BCUT2D eigenvalue weighted by atomic mass is 9.87. The topological polar surface area (TPSA) is 45.0 Å². The van der Waals surface area contributed by atoms with Crippen molar-refractivity contribution in [2.75, 3.05) is 0 Å². The summed E-state index contributed by atoms with van der Waals surface area (Å²) in [5, 5.41) is 18.4. The molecule has 0 amide bonds. The van der Waals surface area contributed by atoms with Gasteiger partial charge in [0, 0.05) is 10.0 Å². The Hall–Kier alpha value is -1.20. The molecule has 2 rings (SSSR count). The summed E-state index contributed by atoms with van der Waals surface area (Å²) >= 11 is 6.70. The molecular weight excluding hydrogens is 408 g/mol. The third-order valence-corrected chi connectivity index (χ3v) is 4.33. The minimum absolute atomic E-state index is 0.129. The molecule has 0 aliphatic heterocycles. The third kappa shape index (κ3) is 4.40. The first-order valence-electron chi connectivity index (χ1n) is 6.92. The Balaban J connectivity index is 2.10. The molecule has 0 unspecified atom stereocenters. The number of benzene rings is 2. The Labute approximate surface area is 147 Å². The number of aromatic hydroxyl groups is 1. The van der Waals surface area contributed by atoms with Gasteiger partial charge in [-0.2, -0.15) is 10.2 Å². The molecule has 1 N–H and O–H groups in total. The summed E-state index contributed by atoms with van der Waals surface area (Å²) in [6.45, 7) is 6.86. The summed E-state index contributed by atoms with van der Waals surface area (Å²) in [5.41, 5.74) is 2.92. The first kappa shape index (κ1) is 17.2. The van der Waals surface area contributed by atoms with Gasteiger partial charge in [-0.05, 0) is 51.2 Å². The first-order valence-corrected chi connectivity index (χ1v) is 8.51. The molecule has 0 fully saturated rings. The summed E-state index contributed by atoms with van der Waals surface area (Å²) in [6.07, 6.45) is 0. The number of rotatable bonds is 3. The molecule has 0 heterocycles. The predicted molar refractivity (Wildman–Crippen MR) is 96.9 cm³/mol. The number of hydrogen-bond acceptors (Lipinski definition) is 3. The lowest BCUT2D eigenvalue weighted by molar-refractivity contribution is 0.464. The Bertz CT molecular complexity index is 689. The van der Waals surface area contributed by atoms with Gasteiger partial charge in [0.25, 0.3) is 0 Å². The van der Waals surface area contributed by atoms with Crippen LogP contribution >= 0.6 is 31.9 Å². The van der Waals surface area contributed by atoms with E-state index in [1.165, 1.54) is 5.56 Å². The van der Waals surface area contributed by atoms with Crippen molar-refractivity contribution >= 4 is 37.5 Å². The summed E-state index contributed by atoms with van der Waals surface area (Å²) < 4.78 is 1.53. The van der Waals surface area contributed by atoms with Gasteiger partial charge in [-0.15, -0.1) is 0 Å². The predicted octanol–water partition coefficient (Wildman–Crippen LogP) is 6.50. The van der Waals surface area contributed by atoms with E-state index < -0.39 is 0 Å². The monoisotopic (exact) mass is 424 g/mol. The van der Waals surface area contributed by atoms with E-state index >= 15 is 0 Å². The van der Waals surface area contributed by atoms with Crippen molar-refractivity contribution < 1.29 is 5.11 Å². The number of hydrogen-bond donors (Lipinski definition) is 1. The van der Waals surface area contributed by atoms with Crippen molar-refractivity contribution in [2.24, 2.45) is 10.2 Å². The lowest BCUT2D eigenvalue weighted by Gasteiger charge is -2.18. The molecule has 2 aromatic rings. The van der Waals surface area contributed by atoms with Crippen LogP contribution in [0.1, 0.15) is 31.9 Å². The molecule has 5 heteroatoms. The van der Waals surface area contributed by atoms with E-state index in [-0.39, 0.29) is 11.2 Å². The van der Waals surface area contributed by atoms with Crippen molar-refractivity contribution in [3.63, 3.8) is 0 Å². The van der Waals surface area contributed by atoms with Crippen LogP contribution in [0.5, 0.6) is 5.75 Å². The second-order valence-electron chi connectivity index (χ2n) is 6.09. The fourth-order valence-electron chi connectivity index (χ4n) is 1.96. The molecule has 0 saturated carbocycles. The van der Waals surface area contributed by atoms with Crippen LogP contribution in [0.25, 0.3) is 0 Å². The van der Waals surface area contributed by atoms with Crippen LogP contribution in [0.3, 0.4) is 0 Å². The molecule has 0 aliphatic carbocycles. The average Bonchev–Trinajstić information content (AvgIpc) is 2.43. The maximum Gasteiger partial charge on any atom is 0.134 e. The molecule has 2 aromatic carbocycles. The highest BCUT2D eigenvalue weighted by Crippen LogP contribution is 2.32. The standard InChI is InChI=1S/C17H18Br2N2O/c1-17(2,3)12-4-6-14(7-5-12)21-20-10-11-8-13(18)9-15(19)16(11)22/h4-9,22H,10H2,1-3H3. The number of phenols is 1. The number of phenolic OH excluding ortho intramolecular Hbond substituents is 1. The Morgan fingerprint density at radius 3 is 2.27 bits per heavy atom. The number of azo groups is 1. The highest BCUT2D eigenvalue weighted by atomic mass is 79.9. The van der Waals surface area contributed by atoms with Crippen molar-refractivity contribution in [3.8, 4) is 5.75 Å². The van der Waals surface area contributed by atoms with Gasteiger partial charge < -0.3 is 5.11 Å². The quantitative estimate of drug-likeness (QED) is 0.560. The van der Waals surface area contributed by atoms with Crippen molar-refractivity contribution in [3.05, 3.63) is 56.5 Å². The van der Waals surface area contributed by atoms with Crippen LogP contribution in [0, 0.1) is 0 Å².